The molecule has 13 nitrogen and oxygen atoms in total. The van der Waals surface area contributed by atoms with Gasteiger partial charge in [-0.05, 0) is 22.4 Å². The number of amides is 1. The number of benzene rings is 1. The SMILES string of the molecule is COCc1c(C(=O)N/N=C\c2ccc(O)cc2O)nnn1-c1nonc1N. The molecule has 1 amide bonds. The molecule has 27 heavy (non-hydrogen) atoms. The van der Waals surface area contributed by atoms with E-state index in [0.717, 1.165) is 6.07 Å². The summed E-state index contributed by atoms with van der Waals surface area (Å²) >= 11 is 0. The van der Waals surface area contributed by atoms with Crippen molar-refractivity contribution in [3.05, 3.63) is 35.2 Å². The molecule has 2 heterocycles. The van der Waals surface area contributed by atoms with E-state index >= 15 is 0 Å². The molecule has 1 aromatic carbocycles. The molecule has 5 N–H and O–H groups in total. The Bertz CT molecular complexity index is 995. The fraction of sp³-hybridized carbons (Fsp3) is 0.143. The molecule has 0 aliphatic carbocycles. The first-order chi connectivity index (χ1) is 13.0. The minimum absolute atomic E-state index is 0.0233. The van der Waals surface area contributed by atoms with Crippen LogP contribution in [0.4, 0.5) is 5.82 Å². The van der Waals surface area contributed by atoms with Gasteiger partial charge in [-0.15, -0.1) is 5.10 Å². The lowest BCUT2D eigenvalue weighted by molar-refractivity contribution is 0.0944. The van der Waals surface area contributed by atoms with Gasteiger partial charge in [-0.25, -0.2) is 10.1 Å². The van der Waals surface area contributed by atoms with Crippen molar-refractivity contribution in [1.29, 1.82) is 0 Å². The third-order valence-electron chi connectivity index (χ3n) is 3.34. The Morgan fingerprint density at radius 3 is 2.93 bits per heavy atom. The summed E-state index contributed by atoms with van der Waals surface area (Å²) in [6.07, 6.45) is 1.20. The lowest BCUT2D eigenvalue weighted by atomic mass is 10.2. The second-order valence-electron chi connectivity index (χ2n) is 5.14. The second kappa shape index (κ2) is 7.49. The van der Waals surface area contributed by atoms with Crippen LogP contribution in [0.3, 0.4) is 0 Å². The maximum Gasteiger partial charge on any atom is 0.293 e. The maximum absolute atomic E-state index is 12.3. The number of nitrogen functional groups attached to an aromatic ring is 1. The predicted octanol–water partition coefficient (Wildman–Crippen LogP) is -0.446. The van der Waals surface area contributed by atoms with Gasteiger partial charge < -0.3 is 20.7 Å². The molecule has 0 unspecified atom stereocenters. The van der Waals surface area contributed by atoms with Crippen LogP contribution in [0.5, 0.6) is 11.5 Å². The van der Waals surface area contributed by atoms with Gasteiger partial charge in [0, 0.05) is 18.7 Å². The third-order valence-corrected chi connectivity index (χ3v) is 3.34. The Kier molecular flexibility index (Phi) is 4.94. The quantitative estimate of drug-likeness (QED) is 0.325. The molecule has 2 aromatic heterocycles. The average Bonchev–Trinajstić information content (AvgIpc) is 3.23. The summed E-state index contributed by atoms with van der Waals surface area (Å²) in [5, 5.41) is 37.3. The Balaban J connectivity index is 1.81. The van der Waals surface area contributed by atoms with Gasteiger partial charge in [0.1, 0.15) is 17.2 Å². The highest BCUT2D eigenvalue weighted by atomic mass is 16.6. The van der Waals surface area contributed by atoms with Crippen molar-refractivity contribution < 1.29 is 24.4 Å². The maximum atomic E-state index is 12.3. The molecular formula is C14H14N8O5. The lowest BCUT2D eigenvalue weighted by Gasteiger charge is -2.04. The molecule has 0 spiro atoms. The number of nitrogens with one attached hydrogen (secondary N) is 1. The van der Waals surface area contributed by atoms with E-state index in [2.05, 4.69) is 35.8 Å². The monoisotopic (exact) mass is 374 g/mol. The molecule has 0 fully saturated rings. The summed E-state index contributed by atoms with van der Waals surface area (Å²) in [6.45, 7) is -0.0233. The number of hydrazone groups is 1. The molecule has 13 heteroatoms. The number of carbonyl (C=O) groups is 1. The number of carbonyl (C=O) groups excluding carboxylic acids is 1. The second-order valence-corrected chi connectivity index (χ2v) is 5.14. The molecule has 0 saturated heterocycles. The minimum atomic E-state index is -0.683. The first kappa shape index (κ1) is 17.8. The number of nitrogens with two attached hydrogens (primary N) is 1. The van der Waals surface area contributed by atoms with E-state index < -0.39 is 5.91 Å². The fourth-order valence-corrected chi connectivity index (χ4v) is 2.11. The van der Waals surface area contributed by atoms with Crippen molar-refractivity contribution in [2.45, 2.75) is 6.61 Å². The minimum Gasteiger partial charge on any atom is -0.508 e. The van der Waals surface area contributed by atoms with Crippen molar-refractivity contribution in [1.82, 2.24) is 30.7 Å². The number of aromatic hydroxyl groups is 2. The molecule has 0 saturated carbocycles. The van der Waals surface area contributed by atoms with Crippen molar-refractivity contribution in [3.8, 4) is 17.3 Å². The summed E-state index contributed by atoms with van der Waals surface area (Å²) in [5.74, 6) is -0.960. The van der Waals surface area contributed by atoms with Crippen LogP contribution in [0.25, 0.3) is 5.82 Å². The van der Waals surface area contributed by atoms with Crippen LogP contribution in [0.15, 0.2) is 27.9 Å². The Morgan fingerprint density at radius 2 is 2.26 bits per heavy atom. The van der Waals surface area contributed by atoms with E-state index in [-0.39, 0.29) is 46.7 Å². The van der Waals surface area contributed by atoms with Crippen LogP contribution in [0.2, 0.25) is 0 Å². The Labute approximate surface area is 151 Å². The molecule has 0 bridgehead atoms. The first-order valence-electron chi connectivity index (χ1n) is 7.38. The molecule has 3 rings (SSSR count). The van der Waals surface area contributed by atoms with E-state index in [1.165, 1.54) is 30.1 Å². The molecule has 3 aromatic rings. The number of ether oxygens (including phenoxy) is 1. The van der Waals surface area contributed by atoms with Gasteiger partial charge in [0.15, 0.2) is 5.69 Å². The van der Waals surface area contributed by atoms with Gasteiger partial charge in [-0.2, -0.15) is 9.78 Å². The number of hydrogen-bond donors (Lipinski definition) is 4. The fourth-order valence-electron chi connectivity index (χ4n) is 2.11. The van der Waals surface area contributed by atoms with E-state index in [4.69, 9.17) is 10.5 Å². The van der Waals surface area contributed by atoms with Crippen molar-refractivity contribution >= 4 is 17.9 Å². The van der Waals surface area contributed by atoms with Gasteiger partial charge in [0.05, 0.1) is 12.8 Å². The molecule has 0 aliphatic rings. The number of nitrogens with zero attached hydrogens (tertiary/aromatic N) is 6. The summed E-state index contributed by atoms with van der Waals surface area (Å²) in [7, 11) is 1.43. The van der Waals surface area contributed by atoms with Crippen molar-refractivity contribution in [2.75, 3.05) is 12.8 Å². The Hall–Kier alpha value is -4.00. The molecule has 0 aliphatic heterocycles. The lowest BCUT2D eigenvalue weighted by Crippen LogP contribution is -2.20. The molecular weight excluding hydrogens is 360 g/mol. The normalized spacial score (nSPS) is 11.1. The van der Waals surface area contributed by atoms with Gasteiger partial charge in [0.25, 0.3) is 5.91 Å². The largest absolute Gasteiger partial charge is 0.508 e. The van der Waals surface area contributed by atoms with Gasteiger partial charge >= 0.3 is 0 Å². The van der Waals surface area contributed by atoms with Crippen LogP contribution < -0.4 is 11.2 Å². The number of phenolic OH excluding ortho intramolecular Hbond substituents is 2. The number of methoxy groups -OCH3 is 1. The van der Waals surface area contributed by atoms with E-state index in [1.54, 1.807) is 0 Å². The Morgan fingerprint density at radius 1 is 1.44 bits per heavy atom. The van der Waals surface area contributed by atoms with Crippen LogP contribution in [0.1, 0.15) is 21.7 Å². The molecule has 0 radical (unpaired) electrons. The van der Waals surface area contributed by atoms with Gasteiger partial charge in [-0.3, -0.25) is 4.79 Å². The highest BCUT2D eigenvalue weighted by molar-refractivity contribution is 5.94. The smallest absolute Gasteiger partial charge is 0.293 e. The number of aromatic nitrogens is 5. The van der Waals surface area contributed by atoms with E-state index in [0.29, 0.717) is 0 Å². The summed E-state index contributed by atoms with van der Waals surface area (Å²) < 4.78 is 10.7. The zero-order chi connectivity index (χ0) is 19.4. The topological polar surface area (TPSA) is 187 Å². The number of anilines is 1. The summed E-state index contributed by atoms with van der Waals surface area (Å²) in [4.78, 5) is 12.3. The zero-order valence-corrected chi connectivity index (χ0v) is 13.9. The van der Waals surface area contributed by atoms with Crippen LogP contribution in [0, 0.1) is 0 Å². The van der Waals surface area contributed by atoms with Crippen LogP contribution in [-0.4, -0.2) is 54.8 Å². The van der Waals surface area contributed by atoms with Gasteiger partial charge in [-0.1, -0.05) is 5.21 Å². The summed E-state index contributed by atoms with van der Waals surface area (Å²) in [6, 6.07) is 3.93. The zero-order valence-electron chi connectivity index (χ0n) is 13.9. The molecule has 140 valence electrons. The standard InChI is InChI=1S/C14H14N8O5/c1-26-6-9-11(17-21-22(9)13-12(15)19-27-20-13)14(25)18-16-5-7-2-3-8(23)4-10(7)24/h2-5,23-24H,6H2,1H3,(H2,15,19)(H,18,25)/b16-5-. The van der Waals surface area contributed by atoms with Crippen LogP contribution in [-0.2, 0) is 11.3 Å². The van der Waals surface area contributed by atoms with Gasteiger partial charge in [0.2, 0.25) is 11.6 Å². The van der Waals surface area contributed by atoms with Crippen LogP contribution >= 0.6 is 0 Å². The van der Waals surface area contributed by atoms with E-state index in [1.807, 2.05) is 0 Å². The van der Waals surface area contributed by atoms with Crippen molar-refractivity contribution in [2.24, 2.45) is 5.10 Å². The first-order valence-corrected chi connectivity index (χ1v) is 7.38. The van der Waals surface area contributed by atoms with E-state index in [9.17, 15) is 15.0 Å². The number of phenols is 2. The number of hydrogen-bond acceptors (Lipinski definition) is 11. The third kappa shape index (κ3) is 3.67. The average molecular weight is 374 g/mol. The highest BCUT2D eigenvalue weighted by Gasteiger charge is 2.23. The molecule has 0 atom stereocenters. The number of rotatable bonds is 6. The predicted molar refractivity (Wildman–Crippen MR) is 89.2 cm³/mol. The summed E-state index contributed by atoms with van der Waals surface area (Å²) in [5.41, 5.74) is 8.35. The van der Waals surface area contributed by atoms with Crippen molar-refractivity contribution in [3.63, 3.8) is 0 Å². The highest BCUT2D eigenvalue weighted by Crippen LogP contribution is 2.21.